The minimum Gasteiger partial charge on any atom is -0.480 e. The van der Waals surface area contributed by atoms with Crippen LogP contribution in [0.15, 0.2) is 0 Å². The molecule has 3 nitrogen and oxygen atoms in total. The molecule has 1 rings (SSSR count). The predicted molar refractivity (Wildman–Crippen MR) is 44.0 cm³/mol. The van der Waals surface area contributed by atoms with Crippen LogP contribution in [0.5, 0.6) is 0 Å². The van der Waals surface area contributed by atoms with Gasteiger partial charge in [-0.2, -0.15) is 12.6 Å². The summed E-state index contributed by atoms with van der Waals surface area (Å²) in [5.41, 5.74) is 0. The summed E-state index contributed by atoms with van der Waals surface area (Å²) < 4.78 is 5.26. The summed E-state index contributed by atoms with van der Waals surface area (Å²) in [5, 5.41) is 7.94. The maximum atomic E-state index is 10.4. The molecule has 1 heterocycles. The third-order valence-corrected chi connectivity index (χ3v) is 2.23. The van der Waals surface area contributed by atoms with Crippen molar-refractivity contribution in [1.82, 2.24) is 0 Å². The fourth-order valence-corrected chi connectivity index (χ4v) is 1.42. The lowest BCUT2D eigenvalue weighted by molar-refractivity contribution is -0.137. The number of carbonyl (C=O) groups is 1. The number of carboxylic acid groups (broad SMARTS) is 1. The zero-order valence-electron chi connectivity index (χ0n) is 6.19. The van der Waals surface area contributed by atoms with E-state index < -0.39 is 11.2 Å². The van der Waals surface area contributed by atoms with Gasteiger partial charge in [-0.1, -0.05) is 0 Å². The molecular formula is C7H12O3S. The minimum atomic E-state index is -0.858. The van der Waals surface area contributed by atoms with Crippen molar-refractivity contribution in [3.05, 3.63) is 0 Å². The van der Waals surface area contributed by atoms with Gasteiger partial charge in [-0.15, -0.1) is 0 Å². The molecule has 4 heteroatoms. The Hall–Kier alpha value is -0.220. The van der Waals surface area contributed by atoms with Crippen molar-refractivity contribution in [3.8, 4) is 0 Å². The molecule has 0 amide bonds. The van der Waals surface area contributed by atoms with E-state index in [9.17, 15) is 4.79 Å². The van der Waals surface area contributed by atoms with E-state index in [1.165, 1.54) is 0 Å². The molecule has 1 fully saturated rings. The van der Waals surface area contributed by atoms with Crippen LogP contribution in [-0.2, 0) is 9.53 Å². The van der Waals surface area contributed by atoms with Crippen molar-refractivity contribution in [2.45, 2.75) is 30.6 Å². The number of hydrogen-bond acceptors (Lipinski definition) is 3. The lowest BCUT2D eigenvalue weighted by Gasteiger charge is -2.10. The molecule has 1 aliphatic rings. The molecule has 1 aliphatic heterocycles. The second-order valence-corrected chi connectivity index (χ2v) is 3.35. The molecule has 0 saturated carbocycles. The maximum Gasteiger partial charge on any atom is 0.316 e. The standard InChI is InChI=1S/C7H12O3S/c8-7(9)6(11)4-5-2-1-3-10-5/h5-6,11H,1-4H2,(H,8,9). The smallest absolute Gasteiger partial charge is 0.316 e. The minimum absolute atomic E-state index is 0.119. The maximum absolute atomic E-state index is 10.4. The van der Waals surface area contributed by atoms with Crippen LogP contribution in [0.4, 0.5) is 0 Å². The van der Waals surface area contributed by atoms with Crippen molar-refractivity contribution in [1.29, 1.82) is 0 Å². The van der Waals surface area contributed by atoms with Gasteiger partial charge >= 0.3 is 5.97 Å². The van der Waals surface area contributed by atoms with Gasteiger partial charge < -0.3 is 9.84 Å². The van der Waals surface area contributed by atoms with Crippen molar-refractivity contribution in [3.63, 3.8) is 0 Å². The summed E-state index contributed by atoms with van der Waals surface area (Å²) in [4.78, 5) is 10.4. The molecule has 64 valence electrons. The van der Waals surface area contributed by atoms with E-state index in [2.05, 4.69) is 12.6 Å². The van der Waals surface area contributed by atoms with Gasteiger partial charge in [-0.25, -0.2) is 0 Å². The van der Waals surface area contributed by atoms with Crippen LogP contribution in [0.1, 0.15) is 19.3 Å². The first-order valence-electron chi connectivity index (χ1n) is 3.72. The topological polar surface area (TPSA) is 46.5 Å². The molecule has 2 unspecified atom stereocenters. The molecule has 2 atom stereocenters. The molecule has 0 bridgehead atoms. The summed E-state index contributed by atoms with van der Waals surface area (Å²) in [5.74, 6) is -0.858. The lowest BCUT2D eigenvalue weighted by atomic mass is 10.1. The zero-order valence-corrected chi connectivity index (χ0v) is 7.09. The summed E-state index contributed by atoms with van der Waals surface area (Å²) >= 11 is 3.92. The average molecular weight is 176 g/mol. The Kier molecular flexibility index (Phi) is 3.20. The van der Waals surface area contributed by atoms with Crippen molar-refractivity contribution < 1.29 is 14.6 Å². The number of aliphatic carboxylic acids is 1. The first kappa shape index (κ1) is 8.87. The Morgan fingerprint density at radius 2 is 2.55 bits per heavy atom. The van der Waals surface area contributed by atoms with Gasteiger partial charge in [0, 0.05) is 6.61 Å². The average Bonchev–Trinajstić information content (AvgIpc) is 2.39. The quantitative estimate of drug-likeness (QED) is 0.629. The van der Waals surface area contributed by atoms with Gasteiger partial charge in [-0.3, -0.25) is 4.79 Å². The number of carboxylic acids is 1. The highest BCUT2D eigenvalue weighted by Gasteiger charge is 2.22. The van der Waals surface area contributed by atoms with Gasteiger partial charge in [0.05, 0.1) is 6.10 Å². The lowest BCUT2D eigenvalue weighted by Crippen LogP contribution is -2.20. The van der Waals surface area contributed by atoms with Crippen LogP contribution in [0.25, 0.3) is 0 Å². The number of ether oxygens (including phenoxy) is 1. The molecule has 1 saturated heterocycles. The Balaban J connectivity index is 2.23. The monoisotopic (exact) mass is 176 g/mol. The molecule has 11 heavy (non-hydrogen) atoms. The number of thiol groups is 1. The van der Waals surface area contributed by atoms with Gasteiger partial charge in [0.15, 0.2) is 0 Å². The molecular weight excluding hydrogens is 164 g/mol. The van der Waals surface area contributed by atoms with Crippen molar-refractivity contribution in [2.24, 2.45) is 0 Å². The van der Waals surface area contributed by atoms with Crippen LogP contribution in [0, 0.1) is 0 Å². The fraction of sp³-hybridized carbons (Fsp3) is 0.857. The highest BCUT2D eigenvalue weighted by Crippen LogP contribution is 2.18. The van der Waals surface area contributed by atoms with E-state index in [4.69, 9.17) is 9.84 Å². The van der Waals surface area contributed by atoms with Crippen LogP contribution in [0.3, 0.4) is 0 Å². The van der Waals surface area contributed by atoms with Gasteiger partial charge in [-0.05, 0) is 19.3 Å². The van der Waals surface area contributed by atoms with E-state index in [-0.39, 0.29) is 6.10 Å². The van der Waals surface area contributed by atoms with Crippen LogP contribution in [0.2, 0.25) is 0 Å². The number of hydrogen-bond donors (Lipinski definition) is 2. The molecule has 0 spiro atoms. The van der Waals surface area contributed by atoms with Crippen molar-refractivity contribution in [2.75, 3.05) is 6.61 Å². The summed E-state index contributed by atoms with van der Waals surface area (Å²) in [6.07, 6.45) is 2.67. The summed E-state index contributed by atoms with van der Waals surface area (Å²) in [6, 6.07) is 0. The Morgan fingerprint density at radius 1 is 1.82 bits per heavy atom. The third-order valence-electron chi connectivity index (χ3n) is 1.80. The normalized spacial score (nSPS) is 26.8. The van der Waals surface area contributed by atoms with Crippen molar-refractivity contribution >= 4 is 18.6 Å². The van der Waals surface area contributed by atoms with Gasteiger partial charge in [0.1, 0.15) is 5.25 Å². The molecule has 0 aliphatic carbocycles. The molecule has 0 aromatic rings. The largest absolute Gasteiger partial charge is 0.480 e. The van der Waals surface area contributed by atoms with Gasteiger partial charge in [0.2, 0.25) is 0 Å². The highest BCUT2D eigenvalue weighted by atomic mass is 32.1. The summed E-state index contributed by atoms with van der Waals surface area (Å²) in [6.45, 7) is 0.769. The van der Waals surface area contributed by atoms with E-state index in [1.54, 1.807) is 0 Å². The highest BCUT2D eigenvalue weighted by molar-refractivity contribution is 7.81. The van der Waals surface area contributed by atoms with E-state index in [0.717, 1.165) is 19.4 Å². The first-order valence-corrected chi connectivity index (χ1v) is 4.24. The fourth-order valence-electron chi connectivity index (χ4n) is 1.18. The number of rotatable bonds is 3. The van der Waals surface area contributed by atoms with Crippen LogP contribution in [-0.4, -0.2) is 29.0 Å². The van der Waals surface area contributed by atoms with Crippen LogP contribution < -0.4 is 0 Å². The van der Waals surface area contributed by atoms with Gasteiger partial charge in [0.25, 0.3) is 0 Å². The van der Waals surface area contributed by atoms with Crippen LogP contribution >= 0.6 is 12.6 Å². The second kappa shape index (κ2) is 3.97. The van der Waals surface area contributed by atoms with E-state index >= 15 is 0 Å². The Morgan fingerprint density at radius 3 is 3.00 bits per heavy atom. The Labute approximate surface area is 71.1 Å². The SMILES string of the molecule is O=C(O)C(S)CC1CCCO1. The third kappa shape index (κ3) is 2.71. The van der Waals surface area contributed by atoms with E-state index in [0.29, 0.717) is 6.42 Å². The first-order chi connectivity index (χ1) is 5.20. The summed E-state index contributed by atoms with van der Waals surface area (Å²) in [7, 11) is 0. The molecule has 0 aromatic heterocycles. The van der Waals surface area contributed by atoms with E-state index in [1.807, 2.05) is 0 Å². The molecule has 0 aromatic carbocycles. The zero-order chi connectivity index (χ0) is 8.27. The molecule has 0 radical (unpaired) electrons. The predicted octanol–water partition coefficient (Wildman–Crippen LogP) is 0.939. The Bertz CT molecular complexity index is 143. The second-order valence-electron chi connectivity index (χ2n) is 2.72. The molecule has 1 N–H and O–H groups in total.